The average molecular weight is 394 g/mol. The Labute approximate surface area is 176 Å². The molecule has 0 fully saturated rings. The predicted octanol–water partition coefficient (Wildman–Crippen LogP) is 5.80. The molecule has 0 spiro atoms. The maximum atomic E-state index is 10.2. The molecule has 0 radical (unpaired) electrons. The Balaban J connectivity index is 1.73. The Kier molecular flexibility index (Phi) is 4.44. The fourth-order valence-corrected chi connectivity index (χ4v) is 4.78. The molecule has 148 valence electrons. The smallest absolute Gasteiger partial charge is 0.215 e. The maximum Gasteiger partial charge on any atom is 0.215 e. The van der Waals surface area contributed by atoms with Crippen molar-refractivity contribution in [3.63, 3.8) is 0 Å². The molecule has 4 heteroatoms. The van der Waals surface area contributed by atoms with Crippen LogP contribution in [0.25, 0.3) is 0 Å². The summed E-state index contributed by atoms with van der Waals surface area (Å²) in [5.41, 5.74) is 3.97. The summed E-state index contributed by atoms with van der Waals surface area (Å²) in [5.74, 6) is 2.36. The Morgan fingerprint density at radius 3 is 2.30 bits per heavy atom. The van der Waals surface area contributed by atoms with E-state index in [1.165, 1.54) is 5.56 Å². The Hall–Kier alpha value is -3.71. The normalized spacial score (nSPS) is 22.0. The van der Waals surface area contributed by atoms with Crippen molar-refractivity contribution < 1.29 is 9.47 Å². The van der Waals surface area contributed by atoms with Gasteiger partial charge < -0.3 is 14.4 Å². The van der Waals surface area contributed by atoms with Crippen molar-refractivity contribution in [3.8, 4) is 17.6 Å². The molecule has 0 aliphatic carbocycles. The van der Waals surface area contributed by atoms with Crippen molar-refractivity contribution in [1.29, 1.82) is 5.26 Å². The number of hydrogen-bond acceptors (Lipinski definition) is 4. The zero-order valence-electron chi connectivity index (χ0n) is 16.9. The first-order chi connectivity index (χ1) is 14.7. The topological polar surface area (TPSA) is 45.5 Å². The van der Waals surface area contributed by atoms with Gasteiger partial charge in [-0.2, -0.15) is 5.26 Å². The summed E-state index contributed by atoms with van der Waals surface area (Å²) in [5, 5.41) is 10.2. The highest BCUT2D eigenvalue weighted by Gasteiger charge is 2.47. The number of methoxy groups -OCH3 is 1. The van der Waals surface area contributed by atoms with Crippen molar-refractivity contribution in [2.75, 3.05) is 12.0 Å². The molecular formula is C26H22N2O2. The van der Waals surface area contributed by atoms with Crippen LogP contribution in [0.4, 0.5) is 5.69 Å². The quantitative estimate of drug-likeness (QED) is 0.563. The Bertz CT molecular complexity index is 1150. The number of fused-ring (bicyclic) bond motifs is 3. The van der Waals surface area contributed by atoms with Crippen molar-refractivity contribution in [2.45, 2.75) is 18.9 Å². The van der Waals surface area contributed by atoms with Crippen LogP contribution < -0.4 is 14.4 Å². The molecule has 4 nitrogen and oxygen atoms in total. The fourth-order valence-electron chi connectivity index (χ4n) is 4.78. The Morgan fingerprint density at radius 2 is 1.60 bits per heavy atom. The largest absolute Gasteiger partial charge is 0.497 e. The van der Waals surface area contributed by atoms with Gasteiger partial charge in [-0.3, -0.25) is 0 Å². The minimum absolute atomic E-state index is 0.0249. The molecule has 5 rings (SSSR count). The minimum Gasteiger partial charge on any atom is -0.497 e. The van der Waals surface area contributed by atoms with Gasteiger partial charge in [-0.15, -0.1) is 0 Å². The van der Waals surface area contributed by atoms with Gasteiger partial charge in [0.05, 0.1) is 24.4 Å². The van der Waals surface area contributed by atoms with E-state index in [0.29, 0.717) is 11.5 Å². The van der Waals surface area contributed by atoms with Crippen LogP contribution in [0.3, 0.4) is 0 Å². The minimum atomic E-state index is -0.0520. The second kappa shape index (κ2) is 7.27. The first-order valence-corrected chi connectivity index (χ1v) is 10.1. The number of nitrogens with zero attached hydrogens (tertiary/aromatic N) is 2. The third kappa shape index (κ3) is 2.74. The van der Waals surface area contributed by atoms with Crippen LogP contribution in [0, 0.1) is 17.2 Å². The van der Waals surface area contributed by atoms with Crippen LogP contribution in [0.1, 0.15) is 30.0 Å². The summed E-state index contributed by atoms with van der Waals surface area (Å²) in [6, 6.07) is 29.0. The van der Waals surface area contributed by atoms with Crippen LogP contribution in [-0.2, 0) is 0 Å². The molecule has 0 saturated carbocycles. The Morgan fingerprint density at radius 1 is 0.900 bits per heavy atom. The lowest BCUT2D eigenvalue weighted by atomic mass is 9.73. The summed E-state index contributed by atoms with van der Waals surface area (Å²) in [4.78, 5) is 2.19. The van der Waals surface area contributed by atoms with Crippen LogP contribution in [0.5, 0.6) is 11.5 Å². The molecule has 2 aliphatic heterocycles. The van der Waals surface area contributed by atoms with E-state index < -0.39 is 0 Å². The van der Waals surface area contributed by atoms with Crippen molar-refractivity contribution in [2.24, 2.45) is 5.92 Å². The second-order valence-electron chi connectivity index (χ2n) is 7.74. The molecule has 0 amide bonds. The van der Waals surface area contributed by atoms with E-state index in [9.17, 15) is 5.26 Å². The van der Waals surface area contributed by atoms with E-state index in [-0.39, 0.29) is 17.9 Å². The van der Waals surface area contributed by atoms with Gasteiger partial charge in [-0.05, 0) is 41.3 Å². The molecule has 0 bridgehead atoms. The van der Waals surface area contributed by atoms with Gasteiger partial charge in [0.25, 0.3) is 0 Å². The number of anilines is 1. The van der Waals surface area contributed by atoms with Gasteiger partial charge in [0.1, 0.15) is 11.8 Å². The first kappa shape index (κ1) is 18.3. The standard InChI is InChI=1S/C26H22N2O2/c1-17-24(18-8-4-3-5-9-18)21(16-27)26-28(22-10-6-7-11-23(22)30-26)25(17)19-12-14-20(29-2)15-13-19/h3-15,17,24-25H,1-2H3/t17-,24+,25-/m0/s1. The van der Waals surface area contributed by atoms with Crippen LogP contribution in [0.2, 0.25) is 0 Å². The van der Waals surface area contributed by atoms with Gasteiger partial charge in [-0.1, -0.05) is 61.5 Å². The molecule has 2 heterocycles. The zero-order chi connectivity index (χ0) is 20.7. The van der Waals surface area contributed by atoms with Crippen LogP contribution in [0.15, 0.2) is 90.3 Å². The van der Waals surface area contributed by atoms with Crippen molar-refractivity contribution >= 4 is 5.69 Å². The predicted molar refractivity (Wildman–Crippen MR) is 116 cm³/mol. The third-order valence-electron chi connectivity index (χ3n) is 6.13. The molecule has 3 aromatic carbocycles. The monoisotopic (exact) mass is 394 g/mol. The van der Waals surface area contributed by atoms with E-state index in [1.54, 1.807) is 7.11 Å². The second-order valence-corrected chi connectivity index (χ2v) is 7.74. The number of benzene rings is 3. The molecule has 3 aromatic rings. The number of nitriles is 1. The number of hydrogen-bond donors (Lipinski definition) is 0. The molecule has 0 saturated heterocycles. The number of ether oxygens (including phenoxy) is 2. The highest BCUT2D eigenvalue weighted by molar-refractivity contribution is 5.71. The number of para-hydroxylation sites is 2. The van der Waals surface area contributed by atoms with E-state index in [0.717, 1.165) is 22.7 Å². The summed E-state index contributed by atoms with van der Waals surface area (Å²) in [6.45, 7) is 2.22. The molecular weight excluding hydrogens is 372 g/mol. The highest BCUT2D eigenvalue weighted by atomic mass is 16.5. The lowest BCUT2D eigenvalue weighted by Gasteiger charge is -2.42. The van der Waals surface area contributed by atoms with Gasteiger partial charge >= 0.3 is 0 Å². The lowest BCUT2D eigenvalue weighted by Crippen LogP contribution is -2.39. The summed E-state index contributed by atoms with van der Waals surface area (Å²) < 4.78 is 11.6. The maximum absolute atomic E-state index is 10.2. The molecule has 3 atom stereocenters. The number of rotatable bonds is 3. The van der Waals surface area contributed by atoms with E-state index >= 15 is 0 Å². The highest BCUT2D eigenvalue weighted by Crippen LogP contribution is 2.55. The van der Waals surface area contributed by atoms with Crippen molar-refractivity contribution in [1.82, 2.24) is 0 Å². The van der Waals surface area contributed by atoms with E-state index in [2.05, 4.69) is 48.2 Å². The molecule has 0 unspecified atom stereocenters. The third-order valence-corrected chi connectivity index (χ3v) is 6.13. The van der Waals surface area contributed by atoms with Crippen LogP contribution >= 0.6 is 0 Å². The summed E-state index contributed by atoms with van der Waals surface area (Å²) in [6.07, 6.45) is 0. The van der Waals surface area contributed by atoms with E-state index in [4.69, 9.17) is 9.47 Å². The molecule has 2 aliphatic rings. The van der Waals surface area contributed by atoms with E-state index in [1.807, 2.05) is 48.5 Å². The lowest BCUT2D eigenvalue weighted by molar-refractivity contribution is 0.328. The van der Waals surface area contributed by atoms with Crippen LogP contribution in [-0.4, -0.2) is 7.11 Å². The van der Waals surface area contributed by atoms with Gasteiger partial charge in [0.2, 0.25) is 5.88 Å². The molecule has 30 heavy (non-hydrogen) atoms. The summed E-state index contributed by atoms with van der Waals surface area (Å²) in [7, 11) is 1.67. The molecule has 0 aromatic heterocycles. The molecule has 0 N–H and O–H groups in total. The number of allylic oxidation sites excluding steroid dienone is 1. The fraction of sp³-hybridized carbons (Fsp3) is 0.192. The van der Waals surface area contributed by atoms with Crippen molar-refractivity contribution in [3.05, 3.63) is 101 Å². The summed E-state index contributed by atoms with van der Waals surface area (Å²) >= 11 is 0. The van der Waals surface area contributed by atoms with Gasteiger partial charge in [-0.25, -0.2) is 0 Å². The zero-order valence-corrected chi connectivity index (χ0v) is 16.9. The SMILES string of the molecule is COc1ccc([C@@H]2[C@@H](C)[C@H](c3ccccc3)C(C#N)=C3Oc4ccccc4N32)cc1. The average Bonchev–Trinajstić information content (AvgIpc) is 3.18. The van der Waals surface area contributed by atoms with Gasteiger partial charge in [0, 0.05) is 5.92 Å². The van der Waals surface area contributed by atoms with Gasteiger partial charge in [0.15, 0.2) is 5.75 Å². The first-order valence-electron chi connectivity index (χ1n) is 10.1.